The van der Waals surface area contributed by atoms with Gasteiger partial charge in [-0.15, -0.1) is 11.3 Å². The summed E-state index contributed by atoms with van der Waals surface area (Å²) in [6.45, 7) is 0.753. The van der Waals surface area contributed by atoms with Crippen molar-refractivity contribution in [2.75, 3.05) is 6.54 Å². The van der Waals surface area contributed by atoms with Gasteiger partial charge in [-0.3, -0.25) is 9.36 Å². The van der Waals surface area contributed by atoms with Crippen LogP contribution in [0.1, 0.15) is 40.7 Å². The molecule has 0 radical (unpaired) electrons. The zero-order valence-electron chi connectivity index (χ0n) is 15.2. The number of carbonyl (C=O) groups is 1. The first kappa shape index (κ1) is 17.1. The Morgan fingerprint density at radius 3 is 2.86 bits per heavy atom. The van der Waals surface area contributed by atoms with Crippen LogP contribution in [-0.4, -0.2) is 36.9 Å². The second-order valence-electron chi connectivity index (χ2n) is 6.90. The normalized spacial score (nSPS) is 17.1. The molecule has 0 bridgehead atoms. The van der Waals surface area contributed by atoms with Crippen molar-refractivity contribution in [3.05, 3.63) is 71.9 Å². The Hall–Kier alpha value is -3.06. The van der Waals surface area contributed by atoms with Gasteiger partial charge >= 0.3 is 0 Å². The Morgan fingerprint density at radius 1 is 1.14 bits per heavy atom. The van der Waals surface area contributed by atoms with Crippen LogP contribution < -0.4 is 0 Å². The summed E-state index contributed by atoms with van der Waals surface area (Å²) in [5.41, 5.74) is 1.61. The third-order valence-corrected chi connectivity index (χ3v) is 6.26. The van der Waals surface area contributed by atoms with Crippen molar-refractivity contribution in [2.45, 2.75) is 25.3 Å². The molecule has 0 aliphatic carbocycles. The molecule has 0 N–H and O–H groups in total. The van der Waals surface area contributed by atoms with E-state index in [0.717, 1.165) is 42.1 Å². The van der Waals surface area contributed by atoms with Crippen LogP contribution in [-0.2, 0) is 0 Å². The van der Waals surface area contributed by atoms with E-state index in [0.29, 0.717) is 5.56 Å². The highest BCUT2D eigenvalue weighted by Gasteiger charge is 2.31. The lowest BCUT2D eigenvalue weighted by Crippen LogP contribution is -2.38. The van der Waals surface area contributed by atoms with Crippen molar-refractivity contribution < 1.29 is 4.79 Å². The summed E-state index contributed by atoms with van der Waals surface area (Å²) in [6.07, 6.45) is 9.97. The maximum atomic E-state index is 13.2. The largest absolute Gasteiger partial charge is 0.329 e. The van der Waals surface area contributed by atoms with E-state index in [1.54, 1.807) is 30.1 Å². The van der Waals surface area contributed by atoms with Gasteiger partial charge in [0.25, 0.3) is 5.91 Å². The maximum absolute atomic E-state index is 13.2. The molecular weight excluding hydrogens is 370 g/mol. The first-order chi connectivity index (χ1) is 13.8. The van der Waals surface area contributed by atoms with Crippen LogP contribution in [0.5, 0.6) is 0 Å². The number of fused-ring (bicyclic) bond motifs is 1. The molecule has 0 spiro atoms. The predicted molar refractivity (Wildman–Crippen MR) is 109 cm³/mol. The number of amides is 1. The SMILES string of the molecule is O=C(c1ccc(-n2ccnc2)nc1)N1CCCC[C@H]1c1nc2ccccc2s1. The third-order valence-electron chi connectivity index (χ3n) is 5.12. The summed E-state index contributed by atoms with van der Waals surface area (Å²) >= 11 is 1.69. The molecule has 1 amide bonds. The Morgan fingerprint density at radius 2 is 2.07 bits per heavy atom. The molecule has 0 saturated carbocycles. The smallest absolute Gasteiger partial charge is 0.256 e. The molecule has 1 saturated heterocycles. The van der Waals surface area contributed by atoms with E-state index in [2.05, 4.69) is 16.0 Å². The Balaban J connectivity index is 1.43. The molecule has 28 heavy (non-hydrogen) atoms. The van der Waals surface area contributed by atoms with Crippen molar-refractivity contribution >= 4 is 27.5 Å². The van der Waals surface area contributed by atoms with E-state index < -0.39 is 0 Å². The van der Waals surface area contributed by atoms with Gasteiger partial charge in [-0.25, -0.2) is 15.0 Å². The zero-order chi connectivity index (χ0) is 18.9. The predicted octanol–water partition coefficient (Wildman–Crippen LogP) is 4.24. The number of piperidine rings is 1. The molecule has 0 unspecified atom stereocenters. The topological polar surface area (TPSA) is 63.9 Å². The van der Waals surface area contributed by atoms with Gasteiger partial charge in [0.2, 0.25) is 0 Å². The van der Waals surface area contributed by atoms with Gasteiger partial charge in [-0.05, 0) is 43.5 Å². The molecule has 4 aromatic rings. The Bertz CT molecular complexity index is 1070. The highest BCUT2D eigenvalue weighted by molar-refractivity contribution is 7.18. The Labute approximate surface area is 166 Å². The summed E-state index contributed by atoms with van der Waals surface area (Å²) in [4.78, 5) is 28.5. The fourth-order valence-electron chi connectivity index (χ4n) is 3.69. The summed E-state index contributed by atoms with van der Waals surface area (Å²) in [6, 6.07) is 11.9. The van der Waals surface area contributed by atoms with Crippen LogP contribution in [0.15, 0.2) is 61.3 Å². The van der Waals surface area contributed by atoms with Gasteiger partial charge in [-0.1, -0.05) is 12.1 Å². The molecule has 1 aliphatic rings. The van der Waals surface area contributed by atoms with E-state index in [1.807, 2.05) is 46.0 Å². The van der Waals surface area contributed by atoms with Crippen LogP contribution in [0.2, 0.25) is 0 Å². The second kappa shape index (κ2) is 7.16. The van der Waals surface area contributed by atoms with Crippen LogP contribution in [0.25, 0.3) is 16.0 Å². The molecule has 1 atom stereocenters. The number of rotatable bonds is 3. The molecular formula is C21H19N5OS. The standard InChI is InChI=1S/C21H19N5OS/c27-21(15-8-9-19(23-13-15)25-12-10-22-14-25)26-11-4-3-6-17(26)20-24-16-5-1-2-7-18(16)28-20/h1-2,5,7-10,12-14,17H,3-4,6,11H2/t17-/m0/s1. The van der Waals surface area contributed by atoms with E-state index in [1.165, 1.54) is 4.70 Å². The molecule has 140 valence electrons. The number of likely N-dealkylation sites (tertiary alicyclic amines) is 1. The highest BCUT2D eigenvalue weighted by Crippen LogP contribution is 2.36. The van der Waals surface area contributed by atoms with Crippen molar-refractivity contribution in [3.63, 3.8) is 0 Å². The van der Waals surface area contributed by atoms with Gasteiger partial charge in [0.1, 0.15) is 17.2 Å². The lowest BCUT2D eigenvalue weighted by Gasteiger charge is -2.34. The van der Waals surface area contributed by atoms with Crippen molar-refractivity contribution in [1.29, 1.82) is 0 Å². The van der Waals surface area contributed by atoms with Gasteiger partial charge in [-0.2, -0.15) is 0 Å². The lowest BCUT2D eigenvalue weighted by atomic mass is 10.0. The summed E-state index contributed by atoms with van der Waals surface area (Å²) in [7, 11) is 0. The quantitative estimate of drug-likeness (QED) is 0.526. The first-order valence-corrected chi connectivity index (χ1v) is 10.2. The van der Waals surface area contributed by atoms with Crippen LogP contribution in [0, 0.1) is 0 Å². The van der Waals surface area contributed by atoms with Crippen LogP contribution >= 0.6 is 11.3 Å². The minimum Gasteiger partial charge on any atom is -0.329 e. The minimum atomic E-state index is 0.0219. The number of nitrogens with zero attached hydrogens (tertiary/aromatic N) is 5. The number of imidazole rings is 1. The zero-order valence-corrected chi connectivity index (χ0v) is 16.0. The molecule has 5 rings (SSSR count). The Kier molecular flexibility index (Phi) is 4.37. The van der Waals surface area contributed by atoms with Crippen molar-refractivity contribution in [3.8, 4) is 5.82 Å². The van der Waals surface area contributed by atoms with E-state index in [-0.39, 0.29) is 11.9 Å². The molecule has 6 nitrogen and oxygen atoms in total. The van der Waals surface area contributed by atoms with Gasteiger partial charge in [0, 0.05) is 25.1 Å². The number of pyridine rings is 1. The van der Waals surface area contributed by atoms with Crippen molar-refractivity contribution in [2.24, 2.45) is 0 Å². The molecule has 3 aromatic heterocycles. The number of carbonyl (C=O) groups excluding carboxylic acids is 1. The van der Waals surface area contributed by atoms with E-state index >= 15 is 0 Å². The average molecular weight is 389 g/mol. The number of para-hydroxylation sites is 1. The molecule has 7 heteroatoms. The van der Waals surface area contributed by atoms with Crippen LogP contribution in [0.3, 0.4) is 0 Å². The molecule has 1 aromatic carbocycles. The number of hydrogen-bond donors (Lipinski definition) is 0. The number of thiazole rings is 1. The monoisotopic (exact) mass is 389 g/mol. The van der Waals surface area contributed by atoms with Crippen molar-refractivity contribution in [1.82, 2.24) is 24.4 Å². The summed E-state index contributed by atoms with van der Waals surface area (Å²) in [5, 5.41) is 1.03. The summed E-state index contributed by atoms with van der Waals surface area (Å²) < 4.78 is 2.99. The second-order valence-corrected chi connectivity index (χ2v) is 7.97. The van der Waals surface area contributed by atoms with E-state index in [9.17, 15) is 4.79 Å². The minimum absolute atomic E-state index is 0.0219. The highest BCUT2D eigenvalue weighted by atomic mass is 32.1. The van der Waals surface area contributed by atoms with Gasteiger partial charge in [0.05, 0.1) is 21.8 Å². The average Bonchev–Trinajstić information content (AvgIpc) is 3.43. The third kappa shape index (κ3) is 3.07. The molecule has 4 heterocycles. The first-order valence-electron chi connectivity index (χ1n) is 9.40. The lowest BCUT2D eigenvalue weighted by molar-refractivity contribution is 0.0611. The van der Waals surface area contributed by atoms with Crippen LogP contribution in [0.4, 0.5) is 0 Å². The van der Waals surface area contributed by atoms with E-state index in [4.69, 9.17) is 4.98 Å². The van der Waals surface area contributed by atoms with Gasteiger partial charge < -0.3 is 4.90 Å². The number of hydrogen-bond acceptors (Lipinski definition) is 5. The fraction of sp³-hybridized carbons (Fsp3) is 0.238. The summed E-state index contributed by atoms with van der Waals surface area (Å²) in [5.74, 6) is 0.768. The van der Waals surface area contributed by atoms with Gasteiger partial charge in [0.15, 0.2) is 0 Å². The molecule has 1 aliphatic heterocycles. The maximum Gasteiger partial charge on any atom is 0.256 e. The molecule has 1 fully saturated rings. The fourth-order valence-corrected chi connectivity index (χ4v) is 4.81. The number of benzene rings is 1. The number of aromatic nitrogens is 4.